The van der Waals surface area contributed by atoms with E-state index in [-0.39, 0.29) is 22.6 Å². The molecule has 0 unspecified atom stereocenters. The van der Waals surface area contributed by atoms with Crippen LogP contribution in [-0.2, 0) is 0 Å². The van der Waals surface area contributed by atoms with Crippen LogP contribution in [0.1, 0.15) is 17.2 Å². The third-order valence-electron chi connectivity index (χ3n) is 2.02. The molecule has 80 valence electrons. The molecule has 1 aromatic carbocycles. The lowest BCUT2D eigenvalue weighted by Gasteiger charge is -2.13. The monoisotopic (exact) mass is 210 g/mol. The Labute approximate surface area is 86.7 Å². The Kier molecular flexibility index (Phi) is 3.47. The van der Waals surface area contributed by atoms with Crippen LogP contribution in [0.15, 0.2) is 12.1 Å². The first-order valence-electron chi connectivity index (χ1n) is 4.26. The van der Waals surface area contributed by atoms with Crippen molar-refractivity contribution in [2.75, 3.05) is 13.8 Å². The third kappa shape index (κ3) is 2.17. The molecule has 3 N–H and O–H groups in total. The number of aromatic hydroxyl groups is 1. The number of rotatable bonds is 3. The fourth-order valence-electron chi connectivity index (χ4n) is 1.22. The summed E-state index contributed by atoms with van der Waals surface area (Å²) in [6.45, 7) is -0.814. The number of halogens is 1. The first-order chi connectivity index (χ1) is 7.13. The molecule has 0 saturated heterocycles. The number of hydrogen-bond acceptors (Lipinski definition) is 4. The van der Waals surface area contributed by atoms with Gasteiger partial charge in [-0.25, -0.2) is 4.39 Å². The van der Waals surface area contributed by atoms with Gasteiger partial charge in [-0.05, 0) is 6.07 Å². The van der Waals surface area contributed by atoms with E-state index in [9.17, 15) is 9.50 Å². The van der Waals surface area contributed by atoms with Crippen molar-refractivity contribution in [3.63, 3.8) is 0 Å². The number of alkyl halides is 1. The van der Waals surface area contributed by atoms with Gasteiger partial charge in [0.05, 0.1) is 24.8 Å². The lowest BCUT2D eigenvalue weighted by molar-refractivity contribution is 0.362. The second-order valence-corrected chi connectivity index (χ2v) is 2.99. The summed E-state index contributed by atoms with van der Waals surface area (Å²) in [5.41, 5.74) is 5.88. The lowest BCUT2D eigenvalue weighted by Crippen LogP contribution is -2.12. The summed E-state index contributed by atoms with van der Waals surface area (Å²) < 4.78 is 17.2. The summed E-state index contributed by atoms with van der Waals surface area (Å²) in [6, 6.07) is 3.64. The number of nitriles is 1. The molecule has 1 atom stereocenters. The molecular weight excluding hydrogens is 199 g/mol. The number of methoxy groups -OCH3 is 1. The normalized spacial score (nSPS) is 11.9. The second kappa shape index (κ2) is 4.62. The highest BCUT2D eigenvalue weighted by Crippen LogP contribution is 2.34. The fraction of sp³-hybridized carbons (Fsp3) is 0.300. The van der Waals surface area contributed by atoms with Gasteiger partial charge in [0.25, 0.3) is 0 Å². The van der Waals surface area contributed by atoms with Crippen molar-refractivity contribution in [3.8, 4) is 17.6 Å². The van der Waals surface area contributed by atoms with Crippen LogP contribution in [0.3, 0.4) is 0 Å². The molecule has 0 aliphatic rings. The minimum Gasteiger partial charge on any atom is -0.504 e. The standard InChI is InChI=1S/C10H11FN2O2/c1-15-9-3-6(5-12)2-7(10(9)14)8(13)4-11/h2-3,8,14H,4,13H2,1H3/t8-/m0/s1. The molecule has 0 aliphatic heterocycles. The maximum Gasteiger partial charge on any atom is 0.162 e. The van der Waals surface area contributed by atoms with E-state index in [1.54, 1.807) is 0 Å². The molecule has 15 heavy (non-hydrogen) atoms. The molecule has 0 amide bonds. The minimum absolute atomic E-state index is 0.118. The number of ether oxygens (including phenoxy) is 1. The maximum absolute atomic E-state index is 12.4. The Morgan fingerprint density at radius 1 is 1.67 bits per heavy atom. The highest BCUT2D eigenvalue weighted by atomic mass is 19.1. The quantitative estimate of drug-likeness (QED) is 0.786. The highest BCUT2D eigenvalue weighted by Gasteiger charge is 2.16. The van der Waals surface area contributed by atoms with Crippen LogP contribution >= 0.6 is 0 Å². The van der Waals surface area contributed by atoms with E-state index < -0.39 is 12.7 Å². The number of phenols is 1. The molecule has 0 bridgehead atoms. The van der Waals surface area contributed by atoms with Gasteiger partial charge < -0.3 is 15.6 Å². The number of benzene rings is 1. The van der Waals surface area contributed by atoms with Crippen LogP contribution in [0, 0.1) is 11.3 Å². The van der Waals surface area contributed by atoms with E-state index >= 15 is 0 Å². The molecule has 0 heterocycles. The van der Waals surface area contributed by atoms with Gasteiger partial charge in [0.2, 0.25) is 0 Å². The van der Waals surface area contributed by atoms with Gasteiger partial charge in [-0.1, -0.05) is 0 Å². The van der Waals surface area contributed by atoms with Gasteiger partial charge in [0, 0.05) is 11.6 Å². The van der Waals surface area contributed by atoms with E-state index in [1.807, 2.05) is 6.07 Å². The molecule has 0 radical (unpaired) electrons. The Hall–Kier alpha value is -1.80. The number of hydrogen-bond donors (Lipinski definition) is 2. The SMILES string of the molecule is COc1cc(C#N)cc([C@@H](N)CF)c1O. The summed E-state index contributed by atoms with van der Waals surface area (Å²) >= 11 is 0. The molecule has 1 rings (SSSR count). The van der Waals surface area contributed by atoms with Crippen molar-refractivity contribution in [1.82, 2.24) is 0 Å². The molecule has 0 spiro atoms. The summed E-state index contributed by atoms with van der Waals surface area (Å²) in [5.74, 6) is -0.102. The Morgan fingerprint density at radius 2 is 2.33 bits per heavy atom. The third-order valence-corrected chi connectivity index (χ3v) is 2.02. The summed E-state index contributed by atoms with van der Waals surface area (Å²) in [7, 11) is 1.35. The molecule has 5 heteroatoms. The van der Waals surface area contributed by atoms with Crippen LogP contribution in [0.4, 0.5) is 4.39 Å². The van der Waals surface area contributed by atoms with Gasteiger partial charge in [0.15, 0.2) is 11.5 Å². The lowest BCUT2D eigenvalue weighted by atomic mass is 10.0. The van der Waals surface area contributed by atoms with E-state index in [1.165, 1.54) is 19.2 Å². The van der Waals surface area contributed by atoms with Crippen molar-refractivity contribution in [1.29, 1.82) is 5.26 Å². The number of phenolic OH excluding ortho intramolecular Hbond substituents is 1. The van der Waals surface area contributed by atoms with E-state index in [0.29, 0.717) is 0 Å². The van der Waals surface area contributed by atoms with E-state index in [0.717, 1.165) is 0 Å². The first kappa shape index (κ1) is 11.3. The van der Waals surface area contributed by atoms with Gasteiger partial charge in [0.1, 0.15) is 6.67 Å². The van der Waals surface area contributed by atoms with Crippen molar-refractivity contribution < 1.29 is 14.2 Å². The van der Waals surface area contributed by atoms with Crippen LogP contribution in [0.2, 0.25) is 0 Å². The smallest absolute Gasteiger partial charge is 0.162 e. The number of nitrogens with two attached hydrogens (primary N) is 1. The predicted molar refractivity (Wildman–Crippen MR) is 52.3 cm³/mol. The van der Waals surface area contributed by atoms with Crippen molar-refractivity contribution in [3.05, 3.63) is 23.3 Å². The molecule has 0 aromatic heterocycles. The zero-order valence-electron chi connectivity index (χ0n) is 8.20. The van der Waals surface area contributed by atoms with Crippen LogP contribution in [0.25, 0.3) is 0 Å². The average Bonchev–Trinajstić information content (AvgIpc) is 2.28. The zero-order chi connectivity index (χ0) is 11.4. The van der Waals surface area contributed by atoms with Gasteiger partial charge in [-0.2, -0.15) is 5.26 Å². The summed E-state index contributed by atoms with van der Waals surface area (Å²) in [4.78, 5) is 0. The molecule has 0 fully saturated rings. The first-order valence-corrected chi connectivity index (χ1v) is 4.26. The van der Waals surface area contributed by atoms with Crippen LogP contribution in [-0.4, -0.2) is 18.9 Å². The predicted octanol–water partition coefficient (Wildman–Crippen LogP) is 1.24. The van der Waals surface area contributed by atoms with E-state index in [2.05, 4.69) is 0 Å². The summed E-state index contributed by atoms with van der Waals surface area (Å²) in [5, 5.41) is 18.3. The van der Waals surface area contributed by atoms with Crippen LogP contribution in [0.5, 0.6) is 11.5 Å². The Balaban J connectivity index is 3.31. The molecule has 0 saturated carbocycles. The Bertz CT molecular complexity index is 401. The average molecular weight is 210 g/mol. The van der Waals surface area contributed by atoms with E-state index in [4.69, 9.17) is 15.7 Å². The second-order valence-electron chi connectivity index (χ2n) is 2.99. The molecular formula is C10H11FN2O2. The fourth-order valence-corrected chi connectivity index (χ4v) is 1.22. The van der Waals surface area contributed by atoms with Gasteiger partial charge in [-0.3, -0.25) is 0 Å². The van der Waals surface area contributed by atoms with Gasteiger partial charge >= 0.3 is 0 Å². The molecule has 4 nitrogen and oxygen atoms in total. The Morgan fingerprint density at radius 3 is 2.80 bits per heavy atom. The van der Waals surface area contributed by atoms with Crippen molar-refractivity contribution >= 4 is 0 Å². The highest BCUT2D eigenvalue weighted by molar-refractivity contribution is 5.52. The zero-order valence-corrected chi connectivity index (χ0v) is 8.20. The maximum atomic E-state index is 12.4. The number of nitrogens with zero attached hydrogens (tertiary/aromatic N) is 1. The topological polar surface area (TPSA) is 79.3 Å². The molecule has 0 aliphatic carbocycles. The van der Waals surface area contributed by atoms with Crippen molar-refractivity contribution in [2.24, 2.45) is 5.73 Å². The summed E-state index contributed by atoms with van der Waals surface area (Å²) in [6.07, 6.45) is 0. The van der Waals surface area contributed by atoms with Crippen molar-refractivity contribution in [2.45, 2.75) is 6.04 Å². The largest absolute Gasteiger partial charge is 0.504 e. The van der Waals surface area contributed by atoms with Crippen LogP contribution < -0.4 is 10.5 Å². The van der Waals surface area contributed by atoms with Gasteiger partial charge in [-0.15, -0.1) is 0 Å². The minimum atomic E-state index is -0.952. The molecule has 1 aromatic rings.